The molecular weight excluding hydrogens is 328 g/mol. The number of carbonyl (C=O) groups is 2. The number of hydrogen-bond donors (Lipinski definition) is 2. The minimum Gasteiger partial charge on any atom is -0.479 e. The average molecular weight is 348 g/mol. The third-order valence-electron chi connectivity index (χ3n) is 4.56. The van der Waals surface area contributed by atoms with Crippen LogP contribution in [-0.2, 0) is 9.59 Å². The lowest BCUT2D eigenvalue weighted by Crippen LogP contribution is -2.53. The average Bonchev–Trinajstić information content (AvgIpc) is 3.15. The molecule has 1 aromatic carbocycles. The second-order valence-corrected chi connectivity index (χ2v) is 7.11. The number of amides is 2. The number of anilines is 2. The molecule has 1 atom stereocenters. The van der Waals surface area contributed by atoms with Gasteiger partial charge in [-0.25, -0.2) is 0 Å². The van der Waals surface area contributed by atoms with Gasteiger partial charge >= 0.3 is 0 Å². The predicted molar refractivity (Wildman–Crippen MR) is 93.6 cm³/mol. The van der Waals surface area contributed by atoms with E-state index in [2.05, 4.69) is 15.5 Å². The summed E-state index contributed by atoms with van der Waals surface area (Å²) in [5.41, 5.74) is 1.70. The maximum absolute atomic E-state index is 12.5. The highest BCUT2D eigenvalue weighted by Gasteiger charge is 2.31. The fourth-order valence-electron chi connectivity index (χ4n) is 3.29. The predicted octanol–water partition coefficient (Wildman–Crippen LogP) is 0.329. The molecule has 0 bridgehead atoms. The second-order valence-electron chi connectivity index (χ2n) is 6.07. The first-order valence-corrected chi connectivity index (χ1v) is 9.28. The summed E-state index contributed by atoms with van der Waals surface area (Å²) in [5, 5.41) is 6.08. The van der Waals surface area contributed by atoms with Gasteiger partial charge in [0.15, 0.2) is 12.4 Å². The summed E-state index contributed by atoms with van der Waals surface area (Å²) in [6.45, 7) is 2.99. The van der Waals surface area contributed by atoms with E-state index in [1.54, 1.807) is 11.8 Å². The first kappa shape index (κ1) is 15.6. The molecule has 8 heteroatoms. The first-order chi connectivity index (χ1) is 11.7. The molecule has 3 heterocycles. The van der Waals surface area contributed by atoms with Crippen LogP contribution >= 0.6 is 11.8 Å². The Bertz CT molecular complexity index is 655. The van der Waals surface area contributed by atoms with Gasteiger partial charge in [-0.3, -0.25) is 14.9 Å². The molecule has 0 aliphatic carbocycles. The Kier molecular flexibility index (Phi) is 4.24. The summed E-state index contributed by atoms with van der Waals surface area (Å²) >= 11 is 1.77. The lowest BCUT2D eigenvalue weighted by molar-refractivity contribution is -0.133. The van der Waals surface area contributed by atoms with E-state index in [1.165, 1.54) is 0 Å². The SMILES string of the molecule is O=C1COc2c(cccc2N2CCN(C(=O)C3CSCN3)CC2)N1. The van der Waals surface area contributed by atoms with Crippen molar-refractivity contribution in [3.05, 3.63) is 18.2 Å². The van der Waals surface area contributed by atoms with Crippen LogP contribution in [0.4, 0.5) is 11.4 Å². The molecule has 3 aliphatic rings. The van der Waals surface area contributed by atoms with Crippen LogP contribution in [0.5, 0.6) is 5.75 Å². The number of fused-ring (bicyclic) bond motifs is 1. The van der Waals surface area contributed by atoms with Crippen molar-refractivity contribution >= 4 is 35.0 Å². The Morgan fingerprint density at radius 3 is 2.83 bits per heavy atom. The van der Waals surface area contributed by atoms with Crippen molar-refractivity contribution in [1.29, 1.82) is 0 Å². The molecular formula is C16H20N4O3S. The van der Waals surface area contributed by atoms with E-state index < -0.39 is 0 Å². The van der Waals surface area contributed by atoms with E-state index in [-0.39, 0.29) is 24.5 Å². The number of ether oxygens (including phenoxy) is 1. The molecule has 7 nitrogen and oxygen atoms in total. The van der Waals surface area contributed by atoms with Crippen molar-refractivity contribution in [2.45, 2.75) is 6.04 Å². The van der Waals surface area contributed by atoms with Gasteiger partial charge in [0.2, 0.25) is 5.91 Å². The zero-order valence-corrected chi connectivity index (χ0v) is 14.1. The normalized spacial score (nSPS) is 23.5. The number of hydrogen-bond acceptors (Lipinski definition) is 6. The van der Waals surface area contributed by atoms with Crippen molar-refractivity contribution in [2.24, 2.45) is 0 Å². The van der Waals surface area contributed by atoms with Gasteiger partial charge in [-0.05, 0) is 12.1 Å². The van der Waals surface area contributed by atoms with Crippen LogP contribution < -0.4 is 20.3 Å². The fraction of sp³-hybridized carbons (Fsp3) is 0.500. The smallest absolute Gasteiger partial charge is 0.262 e. The van der Waals surface area contributed by atoms with Gasteiger partial charge in [0, 0.05) is 37.8 Å². The molecule has 4 rings (SSSR count). The minimum atomic E-state index is -0.128. The van der Waals surface area contributed by atoms with Crippen molar-refractivity contribution in [1.82, 2.24) is 10.2 Å². The minimum absolute atomic E-state index is 0.0374. The Morgan fingerprint density at radius 2 is 2.08 bits per heavy atom. The maximum Gasteiger partial charge on any atom is 0.262 e. The number of rotatable bonds is 2. The standard InChI is InChI=1S/C16H20N4O3S/c21-14-8-23-15-11(18-14)2-1-3-13(15)19-4-6-20(7-5-19)16(22)12-9-24-10-17-12/h1-3,12,17H,4-10H2,(H,18,21). The van der Waals surface area contributed by atoms with Gasteiger partial charge in [-0.2, -0.15) is 0 Å². The number of piperazine rings is 1. The monoisotopic (exact) mass is 348 g/mol. The summed E-state index contributed by atoms with van der Waals surface area (Å²) in [6.07, 6.45) is 0. The van der Waals surface area contributed by atoms with E-state index in [1.807, 2.05) is 23.1 Å². The number of para-hydroxylation sites is 1. The molecule has 2 amide bonds. The van der Waals surface area contributed by atoms with Crippen molar-refractivity contribution in [3.8, 4) is 5.75 Å². The molecule has 2 saturated heterocycles. The molecule has 0 saturated carbocycles. The number of thioether (sulfide) groups is 1. The van der Waals surface area contributed by atoms with Crippen LogP contribution in [0.25, 0.3) is 0 Å². The number of carbonyl (C=O) groups excluding carboxylic acids is 2. The Hall–Kier alpha value is -1.93. The summed E-state index contributed by atoms with van der Waals surface area (Å²) in [7, 11) is 0. The topological polar surface area (TPSA) is 73.9 Å². The van der Waals surface area contributed by atoms with E-state index in [4.69, 9.17) is 4.74 Å². The highest BCUT2D eigenvalue weighted by Crippen LogP contribution is 2.38. The van der Waals surface area contributed by atoms with Crippen LogP contribution in [0, 0.1) is 0 Å². The zero-order chi connectivity index (χ0) is 16.5. The third-order valence-corrected chi connectivity index (χ3v) is 5.50. The van der Waals surface area contributed by atoms with E-state index in [9.17, 15) is 9.59 Å². The van der Waals surface area contributed by atoms with Gasteiger partial charge in [0.05, 0.1) is 17.4 Å². The molecule has 3 aliphatic heterocycles. The van der Waals surface area contributed by atoms with Crippen molar-refractivity contribution in [3.63, 3.8) is 0 Å². The van der Waals surface area contributed by atoms with Crippen LogP contribution in [0.2, 0.25) is 0 Å². The number of benzene rings is 1. The van der Waals surface area contributed by atoms with Crippen LogP contribution in [0.3, 0.4) is 0 Å². The maximum atomic E-state index is 12.5. The Labute approximate surface area is 144 Å². The Morgan fingerprint density at radius 1 is 1.25 bits per heavy atom. The van der Waals surface area contributed by atoms with Crippen LogP contribution in [0.15, 0.2) is 18.2 Å². The van der Waals surface area contributed by atoms with E-state index in [0.29, 0.717) is 13.1 Å². The summed E-state index contributed by atoms with van der Waals surface area (Å²) in [5.74, 6) is 2.52. The summed E-state index contributed by atoms with van der Waals surface area (Å²) in [6, 6.07) is 5.73. The van der Waals surface area contributed by atoms with E-state index in [0.717, 1.165) is 41.8 Å². The molecule has 2 N–H and O–H groups in total. The highest BCUT2D eigenvalue weighted by molar-refractivity contribution is 7.99. The molecule has 24 heavy (non-hydrogen) atoms. The van der Waals surface area contributed by atoms with Crippen LogP contribution in [0.1, 0.15) is 0 Å². The Balaban J connectivity index is 1.44. The molecule has 2 fully saturated rings. The second kappa shape index (κ2) is 6.52. The number of nitrogens with zero attached hydrogens (tertiary/aromatic N) is 2. The lowest BCUT2D eigenvalue weighted by Gasteiger charge is -2.38. The first-order valence-electron chi connectivity index (χ1n) is 8.13. The zero-order valence-electron chi connectivity index (χ0n) is 13.3. The van der Waals surface area contributed by atoms with Gasteiger partial charge < -0.3 is 19.9 Å². The van der Waals surface area contributed by atoms with Crippen LogP contribution in [-0.4, -0.2) is 67.2 Å². The van der Waals surface area contributed by atoms with Crippen molar-refractivity contribution in [2.75, 3.05) is 54.6 Å². The lowest BCUT2D eigenvalue weighted by atomic mass is 10.1. The highest BCUT2D eigenvalue weighted by atomic mass is 32.2. The van der Waals surface area contributed by atoms with Gasteiger partial charge in [0.25, 0.3) is 5.91 Å². The van der Waals surface area contributed by atoms with E-state index >= 15 is 0 Å². The van der Waals surface area contributed by atoms with Crippen molar-refractivity contribution < 1.29 is 14.3 Å². The molecule has 1 aromatic rings. The third kappa shape index (κ3) is 2.91. The molecule has 0 spiro atoms. The number of nitrogens with one attached hydrogen (secondary N) is 2. The molecule has 0 radical (unpaired) electrons. The largest absolute Gasteiger partial charge is 0.479 e. The molecule has 128 valence electrons. The van der Waals surface area contributed by atoms with Gasteiger partial charge in [-0.15, -0.1) is 11.8 Å². The van der Waals surface area contributed by atoms with Gasteiger partial charge in [-0.1, -0.05) is 6.07 Å². The quantitative estimate of drug-likeness (QED) is 0.802. The summed E-state index contributed by atoms with van der Waals surface area (Å²) < 4.78 is 5.63. The molecule has 0 aromatic heterocycles. The summed E-state index contributed by atoms with van der Waals surface area (Å²) in [4.78, 5) is 28.1. The van der Waals surface area contributed by atoms with Gasteiger partial charge in [0.1, 0.15) is 0 Å². The fourth-order valence-corrected chi connectivity index (χ4v) is 4.22. The molecule has 1 unspecified atom stereocenters.